The van der Waals surface area contributed by atoms with Gasteiger partial charge in [0.05, 0.1) is 5.02 Å². The van der Waals surface area contributed by atoms with Crippen molar-refractivity contribution in [3.8, 4) is 5.75 Å². The highest BCUT2D eigenvalue weighted by Gasteiger charge is 1.99. The molecule has 0 aliphatic heterocycles. The Morgan fingerprint density at radius 3 is 3.07 bits per heavy atom. The first-order valence-corrected chi connectivity index (χ1v) is 4.91. The minimum Gasteiger partial charge on any atom is -0.487 e. The van der Waals surface area contributed by atoms with Gasteiger partial charge in [-0.15, -0.1) is 0 Å². The van der Waals surface area contributed by atoms with Crippen LogP contribution in [0.1, 0.15) is 5.56 Å². The average Bonchev–Trinajstić information content (AvgIpc) is 2.29. The molecule has 0 atom stereocenters. The third-order valence-corrected chi connectivity index (χ3v) is 2.19. The lowest BCUT2D eigenvalue weighted by atomic mass is 10.3. The van der Waals surface area contributed by atoms with Gasteiger partial charge in [0, 0.05) is 18.0 Å². The van der Waals surface area contributed by atoms with E-state index in [2.05, 4.69) is 11.1 Å². The molecule has 75 valence electrons. The zero-order chi connectivity index (χ0) is 10.5. The number of hydrogen-bond donors (Lipinski definition) is 0. The van der Waals surface area contributed by atoms with Crippen molar-refractivity contribution in [3.63, 3.8) is 0 Å². The number of rotatable bonds is 3. The van der Waals surface area contributed by atoms with Crippen LogP contribution in [-0.2, 0) is 6.61 Å². The van der Waals surface area contributed by atoms with Gasteiger partial charge in [0.25, 0.3) is 0 Å². The second-order valence-corrected chi connectivity index (χ2v) is 3.41. The molecule has 0 spiro atoms. The van der Waals surface area contributed by atoms with Crippen molar-refractivity contribution >= 4 is 11.6 Å². The van der Waals surface area contributed by atoms with Crippen molar-refractivity contribution in [2.75, 3.05) is 0 Å². The van der Waals surface area contributed by atoms with Gasteiger partial charge in [-0.3, -0.25) is 4.98 Å². The number of pyridine rings is 1. The highest BCUT2D eigenvalue weighted by molar-refractivity contribution is 6.32. The summed E-state index contributed by atoms with van der Waals surface area (Å²) >= 11 is 5.92. The van der Waals surface area contributed by atoms with Crippen LogP contribution < -0.4 is 4.74 Å². The van der Waals surface area contributed by atoms with Crippen molar-refractivity contribution in [3.05, 3.63) is 59.4 Å². The van der Waals surface area contributed by atoms with Gasteiger partial charge in [-0.25, -0.2) is 0 Å². The molecule has 0 fully saturated rings. The number of nitrogens with zero attached hydrogens (tertiary/aromatic N) is 1. The summed E-state index contributed by atoms with van der Waals surface area (Å²) in [6, 6.07) is 11.9. The van der Waals surface area contributed by atoms with E-state index in [4.69, 9.17) is 16.3 Å². The second-order valence-electron chi connectivity index (χ2n) is 3.01. The van der Waals surface area contributed by atoms with Crippen LogP contribution in [0.4, 0.5) is 0 Å². The molecule has 1 heterocycles. The molecule has 0 N–H and O–H groups in total. The molecule has 2 nitrogen and oxygen atoms in total. The van der Waals surface area contributed by atoms with Crippen LogP contribution in [0.5, 0.6) is 5.75 Å². The van der Waals surface area contributed by atoms with Gasteiger partial charge in [-0.1, -0.05) is 23.7 Å². The minimum absolute atomic E-state index is 0.470. The van der Waals surface area contributed by atoms with Crippen molar-refractivity contribution < 1.29 is 4.74 Å². The molecule has 3 heteroatoms. The molecule has 2 aromatic rings. The Kier molecular flexibility index (Phi) is 3.20. The molecule has 0 aliphatic carbocycles. The third-order valence-electron chi connectivity index (χ3n) is 1.89. The largest absolute Gasteiger partial charge is 0.487 e. The summed E-state index contributed by atoms with van der Waals surface area (Å²) in [5.41, 5.74) is 1.02. The third kappa shape index (κ3) is 2.70. The molecule has 0 saturated carbocycles. The number of halogens is 1. The lowest BCUT2D eigenvalue weighted by Crippen LogP contribution is -1.95. The molecule has 1 aromatic carbocycles. The van der Waals surface area contributed by atoms with E-state index in [1.807, 2.05) is 12.1 Å². The Morgan fingerprint density at radius 1 is 1.40 bits per heavy atom. The van der Waals surface area contributed by atoms with Crippen LogP contribution in [0.3, 0.4) is 0 Å². The Bertz CT molecular complexity index is 431. The Morgan fingerprint density at radius 2 is 2.33 bits per heavy atom. The van der Waals surface area contributed by atoms with E-state index in [-0.39, 0.29) is 0 Å². The van der Waals surface area contributed by atoms with Crippen molar-refractivity contribution in [2.24, 2.45) is 0 Å². The number of hydrogen-bond acceptors (Lipinski definition) is 2. The first-order valence-electron chi connectivity index (χ1n) is 4.53. The Hall–Kier alpha value is -1.54. The lowest BCUT2D eigenvalue weighted by Gasteiger charge is -2.06. The summed E-state index contributed by atoms with van der Waals surface area (Å²) in [4.78, 5) is 4.00. The zero-order valence-electron chi connectivity index (χ0n) is 7.98. The van der Waals surface area contributed by atoms with E-state index in [0.717, 1.165) is 5.56 Å². The predicted molar refractivity (Wildman–Crippen MR) is 58.9 cm³/mol. The smallest absolute Gasteiger partial charge is 0.138 e. The average molecular weight is 219 g/mol. The molecular formula is C12H9ClNO. The van der Waals surface area contributed by atoms with Gasteiger partial charge in [0.1, 0.15) is 12.4 Å². The van der Waals surface area contributed by atoms with E-state index in [9.17, 15) is 0 Å². The van der Waals surface area contributed by atoms with E-state index in [0.29, 0.717) is 17.4 Å². The van der Waals surface area contributed by atoms with Crippen LogP contribution in [0.25, 0.3) is 0 Å². The van der Waals surface area contributed by atoms with Gasteiger partial charge in [0.2, 0.25) is 0 Å². The van der Waals surface area contributed by atoms with E-state index in [1.165, 1.54) is 0 Å². The molecule has 0 saturated heterocycles. The van der Waals surface area contributed by atoms with Gasteiger partial charge in [-0.2, -0.15) is 0 Å². The summed E-state index contributed by atoms with van der Waals surface area (Å²) in [5.74, 6) is 0.666. The molecule has 1 aromatic heterocycles. The summed E-state index contributed by atoms with van der Waals surface area (Å²) in [7, 11) is 0. The monoisotopic (exact) mass is 218 g/mol. The van der Waals surface area contributed by atoms with E-state index >= 15 is 0 Å². The van der Waals surface area contributed by atoms with Crippen LogP contribution in [0.2, 0.25) is 5.02 Å². The number of ether oxygens (including phenoxy) is 1. The van der Waals surface area contributed by atoms with Crippen LogP contribution in [0, 0.1) is 6.07 Å². The highest BCUT2D eigenvalue weighted by atomic mass is 35.5. The molecule has 2 rings (SSSR count). The number of aromatic nitrogens is 1. The fourth-order valence-corrected chi connectivity index (χ4v) is 1.34. The maximum Gasteiger partial charge on any atom is 0.138 e. The first-order chi connectivity index (χ1) is 7.36. The lowest BCUT2D eigenvalue weighted by molar-refractivity contribution is 0.306. The summed E-state index contributed by atoms with van der Waals surface area (Å²) in [6.07, 6.45) is 3.50. The van der Waals surface area contributed by atoms with E-state index in [1.54, 1.807) is 30.6 Å². The van der Waals surface area contributed by atoms with Gasteiger partial charge in [0.15, 0.2) is 0 Å². The van der Waals surface area contributed by atoms with Gasteiger partial charge < -0.3 is 4.74 Å². The Balaban J connectivity index is 2.03. The van der Waals surface area contributed by atoms with Crippen LogP contribution in [-0.4, -0.2) is 4.98 Å². The maximum absolute atomic E-state index is 5.92. The Labute approximate surface area is 93.5 Å². The van der Waals surface area contributed by atoms with E-state index < -0.39 is 0 Å². The number of benzene rings is 1. The molecule has 0 unspecified atom stereocenters. The molecule has 1 radical (unpaired) electrons. The van der Waals surface area contributed by atoms with Gasteiger partial charge >= 0.3 is 0 Å². The molecule has 0 bridgehead atoms. The normalized spacial score (nSPS) is 9.93. The fourth-order valence-electron chi connectivity index (χ4n) is 1.16. The summed E-state index contributed by atoms with van der Waals surface area (Å²) < 4.78 is 5.53. The molecule has 15 heavy (non-hydrogen) atoms. The van der Waals surface area contributed by atoms with Crippen molar-refractivity contribution in [1.29, 1.82) is 0 Å². The van der Waals surface area contributed by atoms with Crippen molar-refractivity contribution in [2.45, 2.75) is 6.61 Å². The zero-order valence-corrected chi connectivity index (χ0v) is 8.74. The minimum atomic E-state index is 0.470. The molecule has 0 aliphatic rings. The maximum atomic E-state index is 5.92. The molecular weight excluding hydrogens is 210 g/mol. The summed E-state index contributed by atoms with van der Waals surface area (Å²) in [6.45, 7) is 0.470. The SMILES string of the molecule is Clc1c[c]ccc1OCc1cccnc1. The van der Waals surface area contributed by atoms with Gasteiger partial charge in [-0.05, 0) is 24.3 Å². The predicted octanol–water partition coefficient (Wildman–Crippen LogP) is 3.11. The highest BCUT2D eigenvalue weighted by Crippen LogP contribution is 2.23. The van der Waals surface area contributed by atoms with Crippen molar-refractivity contribution in [1.82, 2.24) is 4.98 Å². The van der Waals surface area contributed by atoms with Crippen LogP contribution in [0.15, 0.2) is 42.7 Å². The fraction of sp³-hybridized carbons (Fsp3) is 0.0833. The first kappa shape index (κ1) is 9.99. The second kappa shape index (κ2) is 4.80. The standard InChI is InChI=1S/C12H9ClNO/c13-11-5-1-2-6-12(11)15-9-10-4-3-7-14-8-10/h2-8H,9H2. The topological polar surface area (TPSA) is 22.1 Å². The van der Waals surface area contributed by atoms with Crippen LogP contribution >= 0.6 is 11.6 Å². The molecule has 0 amide bonds. The summed E-state index contributed by atoms with van der Waals surface area (Å²) in [5, 5.41) is 0.571. The quantitative estimate of drug-likeness (QED) is 0.790.